The van der Waals surface area contributed by atoms with Crippen LogP contribution in [0.5, 0.6) is 0 Å². The molecule has 36 heavy (non-hydrogen) atoms. The standard InChI is InChI=1S/C29H25FN4O2/c1-2-28(35)31-21-13-11-20(12-14-21)26-19-23(22-7-3-5-9-25(22)32-26)29(36)34-17-15-33(16-18-34)27-10-6-4-8-24(27)30/h2-14,19H,1,15-18H2,(H,31,35). The number of aromatic nitrogens is 1. The Morgan fingerprint density at radius 2 is 1.61 bits per heavy atom. The number of para-hydroxylation sites is 2. The van der Waals surface area contributed by atoms with Crippen molar-refractivity contribution in [1.29, 1.82) is 0 Å². The van der Waals surface area contributed by atoms with Crippen LogP contribution in [0.25, 0.3) is 22.2 Å². The fourth-order valence-corrected chi connectivity index (χ4v) is 4.45. The van der Waals surface area contributed by atoms with Crippen molar-refractivity contribution in [2.75, 3.05) is 36.4 Å². The second kappa shape index (κ2) is 10.00. The SMILES string of the molecule is C=CC(=O)Nc1ccc(-c2cc(C(=O)N3CCN(c4ccccc4F)CC3)c3ccccc3n2)cc1. The van der Waals surface area contributed by atoms with Crippen LogP contribution in [0.3, 0.4) is 0 Å². The summed E-state index contributed by atoms with van der Waals surface area (Å²) in [5, 5.41) is 3.52. The van der Waals surface area contributed by atoms with Crippen LogP contribution in [0.4, 0.5) is 15.8 Å². The summed E-state index contributed by atoms with van der Waals surface area (Å²) in [7, 11) is 0. The van der Waals surface area contributed by atoms with E-state index in [0.29, 0.717) is 48.8 Å². The lowest BCUT2D eigenvalue weighted by atomic mass is 10.0. The molecule has 0 bridgehead atoms. The van der Waals surface area contributed by atoms with Crippen LogP contribution in [-0.2, 0) is 4.79 Å². The molecule has 1 aliphatic heterocycles. The first-order valence-electron chi connectivity index (χ1n) is 11.8. The van der Waals surface area contributed by atoms with Crippen molar-refractivity contribution >= 4 is 34.1 Å². The number of nitrogens with one attached hydrogen (secondary N) is 1. The molecule has 1 aromatic heterocycles. The Morgan fingerprint density at radius 1 is 0.917 bits per heavy atom. The third kappa shape index (κ3) is 4.68. The highest BCUT2D eigenvalue weighted by Gasteiger charge is 2.25. The monoisotopic (exact) mass is 480 g/mol. The van der Waals surface area contributed by atoms with Gasteiger partial charge < -0.3 is 15.1 Å². The molecule has 2 heterocycles. The summed E-state index contributed by atoms with van der Waals surface area (Å²) in [5.74, 6) is -0.607. The predicted octanol–water partition coefficient (Wildman–Crippen LogP) is 5.13. The molecule has 1 aliphatic rings. The molecule has 180 valence electrons. The number of piperazine rings is 1. The summed E-state index contributed by atoms with van der Waals surface area (Å²) >= 11 is 0. The molecule has 1 fully saturated rings. The number of anilines is 2. The lowest BCUT2D eigenvalue weighted by Crippen LogP contribution is -2.49. The van der Waals surface area contributed by atoms with Crippen LogP contribution < -0.4 is 10.2 Å². The minimum Gasteiger partial charge on any atom is -0.366 e. The molecule has 0 aliphatic carbocycles. The van der Waals surface area contributed by atoms with E-state index < -0.39 is 0 Å². The van der Waals surface area contributed by atoms with E-state index in [0.717, 1.165) is 16.5 Å². The molecule has 1 saturated heterocycles. The lowest BCUT2D eigenvalue weighted by Gasteiger charge is -2.36. The Kier molecular flexibility index (Phi) is 6.45. The Balaban J connectivity index is 1.41. The molecule has 3 aromatic carbocycles. The van der Waals surface area contributed by atoms with Gasteiger partial charge in [-0.3, -0.25) is 9.59 Å². The van der Waals surface area contributed by atoms with E-state index in [2.05, 4.69) is 11.9 Å². The molecule has 4 aromatic rings. The fourth-order valence-electron chi connectivity index (χ4n) is 4.45. The minimum atomic E-state index is -0.283. The molecule has 7 heteroatoms. The van der Waals surface area contributed by atoms with E-state index in [1.807, 2.05) is 58.3 Å². The van der Waals surface area contributed by atoms with Crippen molar-refractivity contribution in [2.45, 2.75) is 0 Å². The number of pyridine rings is 1. The Hall–Kier alpha value is -4.52. The Morgan fingerprint density at radius 3 is 2.33 bits per heavy atom. The molecule has 0 saturated carbocycles. The highest BCUT2D eigenvalue weighted by Crippen LogP contribution is 2.28. The van der Waals surface area contributed by atoms with Crippen molar-refractivity contribution in [3.8, 4) is 11.3 Å². The molecule has 0 spiro atoms. The van der Waals surface area contributed by atoms with Crippen LogP contribution in [0.15, 0.2) is 91.5 Å². The summed E-state index contributed by atoms with van der Waals surface area (Å²) in [6.45, 7) is 5.57. The van der Waals surface area contributed by atoms with Gasteiger partial charge in [-0.15, -0.1) is 0 Å². The first kappa shape index (κ1) is 23.2. The van der Waals surface area contributed by atoms with Crippen LogP contribution in [0.1, 0.15) is 10.4 Å². The third-order valence-corrected chi connectivity index (χ3v) is 6.34. The minimum absolute atomic E-state index is 0.0714. The first-order chi connectivity index (χ1) is 17.5. The zero-order valence-corrected chi connectivity index (χ0v) is 19.7. The van der Waals surface area contributed by atoms with Gasteiger partial charge in [0, 0.05) is 42.8 Å². The van der Waals surface area contributed by atoms with E-state index in [4.69, 9.17) is 4.98 Å². The number of carbonyl (C=O) groups is 2. The number of amides is 2. The van der Waals surface area contributed by atoms with Gasteiger partial charge in [-0.05, 0) is 42.5 Å². The van der Waals surface area contributed by atoms with Crippen LogP contribution in [0.2, 0.25) is 0 Å². The Bertz CT molecular complexity index is 1440. The Labute approximate surface area is 208 Å². The molecular formula is C29H25FN4O2. The van der Waals surface area contributed by atoms with Gasteiger partial charge in [0.25, 0.3) is 5.91 Å². The zero-order valence-electron chi connectivity index (χ0n) is 19.7. The van der Waals surface area contributed by atoms with Crippen LogP contribution in [0, 0.1) is 5.82 Å². The van der Waals surface area contributed by atoms with Gasteiger partial charge in [0.2, 0.25) is 5.91 Å². The number of benzene rings is 3. The van der Waals surface area contributed by atoms with E-state index in [1.165, 1.54) is 12.1 Å². The molecule has 0 radical (unpaired) electrons. The summed E-state index contributed by atoms with van der Waals surface area (Å²) in [6.07, 6.45) is 1.22. The first-order valence-corrected chi connectivity index (χ1v) is 11.8. The van der Waals surface area contributed by atoms with E-state index in [-0.39, 0.29) is 17.6 Å². The molecule has 1 N–H and O–H groups in total. The number of carbonyl (C=O) groups excluding carboxylic acids is 2. The highest BCUT2D eigenvalue weighted by atomic mass is 19.1. The molecule has 0 unspecified atom stereocenters. The molecular weight excluding hydrogens is 455 g/mol. The van der Waals surface area contributed by atoms with Gasteiger partial charge in [0.05, 0.1) is 22.5 Å². The summed E-state index contributed by atoms with van der Waals surface area (Å²) in [5.41, 5.74) is 4.02. The predicted molar refractivity (Wildman–Crippen MR) is 141 cm³/mol. The normalized spacial score (nSPS) is 13.5. The molecule has 2 amide bonds. The summed E-state index contributed by atoms with van der Waals surface area (Å²) < 4.78 is 14.2. The maximum atomic E-state index is 14.2. The van der Waals surface area contributed by atoms with Gasteiger partial charge >= 0.3 is 0 Å². The number of hydrogen-bond acceptors (Lipinski definition) is 4. The molecule has 5 rings (SSSR count). The number of hydrogen-bond donors (Lipinski definition) is 1. The smallest absolute Gasteiger partial charge is 0.254 e. The number of halogens is 1. The van der Waals surface area contributed by atoms with E-state index >= 15 is 0 Å². The average Bonchev–Trinajstić information content (AvgIpc) is 2.93. The second-order valence-corrected chi connectivity index (χ2v) is 8.57. The maximum absolute atomic E-state index is 14.2. The van der Waals surface area contributed by atoms with Crippen molar-refractivity contribution < 1.29 is 14.0 Å². The highest BCUT2D eigenvalue weighted by molar-refractivity contribution is 6.07. The fraction of sp³-hybridized carbons (Fsp3) is 0.138. The lowest BCUT2D eigenvalue weighted by molar-refractivity contribution is -0.111. The van der Waals surface area contributed by atoms with Gasteiger partial charge in [-0.1, -0.05) is 49.0 Å². The van der Waals surface area contributed by atoms with Gasteiger partial charge in [0.15, 0.2) is 0 Å². The second-order valence-electron chi connectivity index (χ2n) is 8.57. The number of nitrogens with zero attached hydrogens (tertiary/aromatic N) is 3. The van der Waals surface area contributed by atoms with Crippen molar-refractivity contribution in [3.63, 3.8) is 0 Å². The van der Waals surface area contributed by atoms with Crippen LogP contribution >= 0.6 is 0 Å². The molecule has 0 atom stereocenters. The summed E-state index contributed by atoms with van der Waals surface area (Å²) in [6, 6.07) is 23.4. The quantitative estimate of drug-likeness (QED) is 0.403. The third-order valence-electron chi connectivity index (χ3n) is 6.34. The summed E-state index contributed by atoms with van der Waals surface area (Å²) in [4.78, 5) is 33.8. The zero-order chi connectivity index (χ0) is 25.1. The van der Waals surface area contributed by atoms with Gasteiger partial charge in [-0.25, -0.2) is 9.37 Å². The van der Waals surface area contributed by atoms with Crippen molar-refractivity contribution in [1.82, 2.24) is 9.88 Å². The van der Waals surface area contributed by atoms with Gasteiger partial charge in [0.1, 0.15) is 5.82 Å². The van der Waals surface area contributed by atoms with Gasteiger partial charge in [-0.2, -0.15) is 0 Å². The molecule has 6 nitrogen and oxygen atoms in total. The number of fused-ring (bicyclic) bond motifs is 1. The number of rotatable bonds is 5. The van der Waals surface area contributed by atoms with E-state index in [1.54, 1.807) is 24.3 Å². The van der Waals surface area contributed by atoms with Crippen molar-refractivity contribution in [3.05, 3.63) is 103 Å². The van der Waals surface area contributed by atoms with E-state index in [9.17, 15) is 14.0 Å². The van der Waals surface area contributed by atoms with Crippen molar-refractivity contribution in [2.24, 2.45) is 0 Å². The van der Waals surface area contributed by atoms with Crippen LogP contribution in [-0.4, -0.2) is 47.9 Å². The average molecular weight is 481 g/mol. The maximum Gasteiger partial charge on any atom is 0.254 e. The topological polar surface area (TPSA) is 65.5 Å². The largest absolute Gasteiger partial charge is 0.366 e.